The van der Waals surface area contributed by atoms with Crippen LogP contribution in [-0.4, -0.2) is 4.98 Å². The predicted molar refractivity (Wildman–Crippen MR) is 68.2 cm³/mol. The number of nitrogen functional groups attached to an aromatic ring is 1. The molecule has 2 rings (SSSR count). The zero-order valence-electron chi connectivity index (χ0n) is 10.5. The van der Waals surface area contributed by atoms with Crippen LogP contribution in [0.1, 0.15) is 26.3 Å². The van der Waals surface area contributed by atoms with Gasteiger partial charge in [0.15, 0.2) is 0 Å². The summed E-state index contributed by atoms with van der Waals surface area (Å²) in [5, 5.41) is 0.166. The quantitative estimate of drug-likeness (QED) is 0.605. The summed E-state index contributed by atoms with van der Waals surface area (Å²) in [5.41, 5.74) is 2.88. The van der Waals surface area contributed by atoms with Gasteiger partial charge >= 0.3 is 0 Å². The molecule has 0 unspecified atom stereocenters. The molecule has 1 aromatic heterocycles. The summed E-state index contributed by atoms with van der Waals surface area (Å²) in [7, 11) is 0. The van der Waals surface area contributed by atoms with Gasteiger partial charge in [-0.05, 0) is 23.6 Å². The summed E-state index contributed by atoms with van der Waals surface area (Å²) in [4.78, 5) is 4.07. The SMILES string of the molecule is CC(C)(C)c1cc2c(F)ccc(F)c2nc1NN. The number of halogens is 2. The lowest BCUT2D eigenvalue weighted by atomic mass is 9.86. The number of benzene rings is 1. The molecule has 0 radical (unpaired) electrons. The number of pyridine rings is 1. The lowest BCUT2D eigenvalue weighted by Crippen LogP contribution is -2.19. The van der Waals surface area contributed by atoms with E-state index < -0.39 is 11.6 Å². The number of hydrogen-bond donors (Lipinski definition) is 2. The van der Waals surface area contributed by atoms with E-state index in [-0.39, 0.29) is 16.3 Å². The normalized spacial score (nSPS) is 11.9. The number of hydrazine groups is 1. The third-order valence-electron chi connectivity index (χ3n) is 2.83. The largest absolute Gasteiger partial charge is 0.308 e. The number of anilines is 1. The van der Waals surface area contributed by atoms with E-state index in [1.54, 1.807) is 6.07 Å². The van der Waals surface area contributed by atoms with E-state index in [1.807, 2.05) is 20.8 Å². The molecule has 0 bridgehead atoms. The second kappa shape index (κ2) is 4.17. The van der Waals surface area contributed by atoms with Gasteiger partial charge in [0.1, 0.15) is 23.0 Å². The highest BCUT2D eigenvalue weighted by Crippen LogP contribution is 2.32. The fourth-order valence-electron chi connectivity index (χ4n) is 1.87. The Morgan fingerprint density at radius 2 is 1.78 bits per heavy atom. The Morgan fingerprint density at radius 3 is 2.33 bits per heavy atom. The molecule has 5 heteroatoms. The van der Waals surface area contributed by atoms with Crippen LogP contribution in [0.25, 0.3) is 10.9 Å². The molecule has 0 aliphatic rings. The predicted octanol–water partition coefficient (Wildman–Crippen LogP) is 3.10. The van der Waals surface area contributed by atoms with Gasteiger partial charge in [0.05, 0.1) is 0 Å². The van der Waals surface area contributed by atoms with E-state index in [0.717, 1.165) is 17.7 Å². The maximum absolute atomic E-state index is 13.7. The van der Waals surface area contributed by atoms with Crippen molar-refractivity contribution in [3.05, 3.63) is 35.4 Å². The molecule has 0 aliphatic heterocycles. The minimum Gasteiger partial charge on any atom is -0.308 e. The number of nitrogens with two attached hydrogens (primary N) is 1. The summed E-state index contributed by atoms with van der Waals surface area (Å²) < 4.78 is 27.3. The van der Waals surface area contributed by atoms with Crippen LogP contribution in [0.2, 0.25) is 0 Å². The van der Waals surface area contributed by atoms with Crippen LogP contribution in [0.5, 0.6) is 0 Å². The number of nitrogens with one attached hydrogen (secondary N) is 1. The minimum absolute atomic E-state index is 0.0176. The van der Waals surface area contributed by atoms with Crippen molar-refractivity contribution in [3.63, 3.8) is 0 Å². The van der Waals surface area contributed by atoms with Crippen LogP contribution in [-0.2, 0) is 5.41 Å². The molecule has 96 valence electrons. The van der Waals surface area contributed by atoms with Crippen molar-refractivity contribution in [3.8, 4) is 0 Å². The van der Waals surface area contributed by atoms with Gasteiger partial charge in [-0.3, -0.25) is 0 Å². The summed E-state index contributed by atoms with van der Waals surface area (Å²) in [5.74, 6) is 4.70. The maximum Gasteiger partial charge on any atom is 0.149 e. The highest BCUT2D eigenvalue weighted by Gasteiger charge is 2.21. The Morgan fingerprint density at radius 1 is 1.17 bits per heavy atom. The minimum atomic E-state index is -0.566. The lowest BCUT2D eigenvalue weighted by molar-refractivity contribution is 0.587. The molecule has 2 aromatic rings. The standard InChI is InChI=1S/C13H15F2N3/c1-13(2,3)8-6-7-9(14)4-5-10(15)11(7)17-12(8)18-16/h4-6H,16H2,1-3H3,(H,17,18). The Hall–Kier alpha value is -1.75. The Labute approximate surface area is 104 Å². The summed E-state index contributed by atoms with van der Waals surface area (Å²) in [6.45, 7) is 5.86. The van der Waals surface area contributed by atoms with E-state index >= 15 is 0 Å². The van der Waals surface area contributed by atoms with E-state index in [4.69, 9.17) is 5.84 Å². The van der Waals surface area contributed by atoms with Crippen molar-refractivity contribution >= 4 is 16.7 Å². The first kappa shape index (κ1) is 12.7. The second-order valence-corrected chi connectivity index (χ2v) is 5.20. The van der Waals surface area contributed by atoms with E-state index in [2.05, 4.69) is 10.4 Å². The van der Waals surface area contributed by atoms with Gasteiger partial charge in [0, 0.05) is 10.9 Å². The van der Waals surface area contributed by atoms with Crippen molar-refractivity contribution in [2.45, 2.75) is 26.2 Å². The van der Waals surface area contributed by atoms with Crippen molar-refractivity contribution in [2.24, 2.45) is 5.84 Å². The lowest BCUT2D eigenvalue weighted by Gasteiger charge is -2.22. The molecular weight excluding hydrogens is 236 g/mol. The zero-order chi connectivity index (χ0) is 13.5. The second-order valence-electron chi connectivity index (χ2n) is 5.20. The van der Waals surface area contributed by atoms with Gasteiger partial charge < -0.3 is 5.43 Å². The fourth-order valence-corrected chi connectivity index (χ4v) is 1.87. The van der Waals surface area contributed by atoms with Crippen LogP contribution in [0.15, 0.2) is 18.2 Å². The number of hydrogen-bond acceptors (Lipinski definition) is 3. The molecule has 0 aliphatic carbocycles. The molecule has 0 fully saturated rings. The van der Waals surface area contributed by atoms with Crippen molar-refractivity contribution in [1.82, 2.24) is 4.98 Å². The Balaban J connectivity index is 2.86. The molecular formula is C13H15F2N3. The molecule has 0 spiro atoms. The van der Waals surface area contributed by atoms with E-state index in [1.165, 1.54) is 0 Å². The molecule has 0 atom stereocenters. The Kier molecular flexibility index (Phi) is 2.94. The first-order chi connectivity index (χ1) is 8.34. The van der Waals surface area contributed by atoms with Gasteiger partial charge in [-0.2, -0.15) is 0 Å². The number of aromatic nitrogens is 1. The first-order valence-corrected chi connectivity index (χ1v) is 5.60. The third-order valence-corrected chi connectivity index (χ3v) is 2.83. The Bertz CT molecular complexity index is 603. The summed E-state index contributed by atoms with van der Waals surface area (Å²) >= 11 is 0. The highest BCUT2D eigenvalue weighted by atomic mass is 19.1. The van der Waals surface area contributed by atoms with Crippen LogP contribution < -0.4 is 11.3 Å². The molecule has 0 saturated heterocycles. The van der Waals surface area contributed by atoms with Crippen molar-refractivity contribution in [2.75, 3.05) is 5.43 Å². The van der Waals surface area contributed by atoms with E-state index in [9.17, 15) is 8.78 Å². The molecule has 3 N–H and O–H groups in total. The smallest absolute Gasteiger partial charge is 0.149 e. The van der Waals surface area contributed by atoms with Gasteiger partial charge in [0.25, 0.3) is 0 Å². The van der Waals surface area contributed by atoms with Gasteiger partial charge in [-0.1, -0.05) is 20.8 Å². The topological polar surface area (TPSA) is 50.9 Å². The van der Waals surface area contributed by atoms with Crippen LogP contribution in [0, 0.1) is 11.6 Å². The highest BCUT2D eigenvalue weighted by molar-refractivity contribution is 5.83. The van der Waals surface area contributed by atoms with Crippen molar-refractivity contribution in [1.29, 1.82) is 0 Å². The average Bonchev–Trinajstić information content (AvgIpc) is 2.31. The summed E-state index contributed by atoms with van der Waals surface area (Å²) in [6.07, 6.45) is 0. The van der Waals surface area contributed by atoms with Crippen molar-refractivity contribution < 1.29 is 8.78 Å². The van der Waals surface area contributed by atoms with E-state index in [0.29, 0.717) is 5.82 Å². The van der Waals surface area contributed by atoms with Crippen LogP contribution >= 0.6 is 0 Å². The molecule has 3 nitrogen and oxygen atoms in total. The first-order valence-electron chi connectivity index (χ1n) is 5.60. The van der Waals surface area contributed by atoms with Crippen LogP contribution in [0.4, 0.5) is 14.6 Å². The monoisotopic (exact) mass is 251 g/mol. The summed E-state index contributed by atoms with van der Waals surface area (Å²) in [6, 6.07) is 3.75. The molecule has 18 heavy (non-hydrogen) atoms. The van der Waals surface area contributed by atoms with Gasteiger partial charge in [-0.15, -0.1) is 0 Å². The third kappa shape index (κ3) is 2.01. The molecule has 0 amide bonds. The molecule has 1 heterocycles. The van der Waals surface area contributed by atoms with Gasteiger partial charge in [0.2, 0.25) is 0 Å². The van der Waals surface area contributed by atoms with Gasteiger partial charge in [-0.25, -0.2) is 19.6 Å². The maximum atomic E-state index is 13.7. The number of fused-ring (bicyclic) bond motifs is 1. The number of rotatable bonds is 1. The molecule has 0 saturated carbocycles. The van der Waals surface area contributed by atoms with Crippen LogP contribution in [0.3, 0.4) is 0 Å². The number of nitrogens with zero attached hydrogens (tertiary/aromatic N) is 1. The average molecular weight is 251 g/mol. The fraction of sp³-hybridized carbons (Fsp3) is 0.308. The molecule has 1 aromatic carbocycles. The zero-order valence-corrected chi connectivity index (χ0v) is 10.5.